The first-order chi connectivity index (χ1) is 17.8. The number of benzene rings is 1. The number of hydrogen-bond acceptors (Lipinski definition) is 6. The van der Waals surface area contributed by atoms with Crippen molar-refractivity contribution in [3.8, 4) is 17.0 Å². The molecular weight excluding hydrogens is 477 g/mol. The van der Waals surface area contributed by atoms with Crippen LogP contribution in [0.2, 0.25) is 0 Å². The van der Waals surface area contributed by atoms with E-state index in [0.29, 0.717) is 24.8 Å². The van der Waals surface area contributed by atoms with Crippen molar-refractivity contribution in [2.45, 2.75) is 44.2 Å². The van der Waals surface area contributed by atoms with E-state index in [1.807, 2.05) is 6.07 Å². The molecule has 3 N–H and O–H groups in total. The van der Waals surface area contributed by atoms with E-state index in [1.54, 1.807) is 12.4 Å². The summed E-state index contributed by atoms with van der Waals surface area (Å²) in [6.45, 7) is 2.98. The summed E-state index contributed by atoms with van der Waals surface area (Å²) in [5, 5.41) is 2.84. The number of ether oxygens (including phenoxy) is 2. The number of rotatable bonds is 6. The van der Waals surface area contributed by atoms with Gasteiger partial charge in [-0.3, -0.25) is 9.78 Å². The molecule has 2 aromatic heterocycles. The van der Waals surface area contributed by atoms with Crippen molar-refractivity contribution in [1.82, 2.24) is 9.97 Å². The summed E-state index contributed by atoms with van der Waals surface area (Å²) in [5.41, 5.74) is 6.98. The highest BCUT2D eigenvalue weighted by Gasteiger charge is 2.28. The number of aromatic nitrogens is 2. The van der Waals surface area contributed by atoms with Gasteiger partial charge in [0.2, 0.25) is 0 Å². The van der Waals surface area contributed by atoms with Gasteiger partial charge in [0.25, 0.3) is 5.91 Å². The van der Waals surface area contributed by atoms with E-state index in [-0.39, 0.29) is 46.2 Å². The molecule has 3 atom stereocenters. The fourth-order valence-electron chi connectivity index (χ4n) is 5.10. The van der Waals surface area contributed by atoms with Crippen molar-refractivity contribution in [2.75, 3.05) is 18.5 Å². The Labute approximate surface area is 215 Å². The normalized spacial score (nSPS) is 21.8. The number of carbonyl (C=O) groups is 1. The van der Waals surface area contributed by atoms with Crippen LogP contribution in [0.15, 0.2) is 42.7 Å². The number of halogens is 2. The first-order valence-electron chi connectivity index (χ1n) is 12.3. The van der Waals surface area contributed by atoms with Crippen molar-refractivity contribution >= 4 is 24.9 Å². The van der Waals surface area contributed by atoms with E-state index >= 15 is 4.39 Å². The Morgan fingerprint density at radius 3 is 2.68 bits per heavy atom. The van der Waals surface area contributed by atoms with E-state index < -0.39 is 17.5 Å². The van der Waals surface area contributed by atoms with Gasteiger partial charge in [-0.15, -0.1) is 0 Å². The Hall–Kier alpha value is -3.37. The maximum atomic E-state index is 15.0. The van der Waals surface area contributed by atoms with Gasteiger partial charge >= 0.3 is 0 Å². The highest BCUT2D eigenvalue weighted by Crippen LogP contribution is 2.38. The fraction of sp³-hybridized carbons (Fsp3) is 0.370. The molecule has 2 fully saturated rings. The van der Waals surface area contributed by atoms with Crippen LogP contribution in [0.3, 0.4) is 0 Å². The Morgan fingerprint density at radius 1 is 1.16 bits per heavy atom. The molecule has 5 rings (SSSR count). The maximum absolute atomic E-state index is 15.0. The third-order valence-electron chi connectivity index (χ3n) is 6.84. The van der Waals surface area contributed by atoms with Crippen molar-refractivity contribution < 1.29 is 23.0 Å². The molecule has 2 aliphatic rings. The number of nitrogens with one attached hydrogen (secondary N) is 1. The summed E-state index contributed by atoms with van der Waals surface area (Å²) in [5.74, 6) is -1.34. The van der Waals surface area contributed by atoms with Gasteiger partial charge in [-0.05, 0) is 60.9 Å². The lowest BCUT2D eigenvalue weighted by atomic mass is 9.76. The zero-order valence-electron chi connectivity index (χ0n) is 20.4. The van der Waals surface area contributed by atoms with Crippen LogP contribution >= 0.6 is 0 Å². The van der Waals surface area contributed by atoms with Gasteiger partial charge in [-0.25, -0.2) is 13.8 Å². The Bertz CT molecular complexity index is 1290. The standard InChI is InChI=1S/C27H27BF2N4O3/c1-14-6-15(8-16(31)7-14)19-4-5-32-11-24(19)34-27(35)23-3-2-21(29)26(33-23)25-20(28)9-17(10-22(25)30)37-18-12-36-13-18/h2-5,9-11,14-16,18H,6-8,12-13,31H2,1H3,(H,34,35). The molecule has 1 aliphatic carbocycles. The van der Waals surface area contributed by atoms with Gasteiger partial charge in [-0.1, -0.05) is 12.4 Å². The Balaban J connectivity index is 1.40. The van der Waals surface area contributed by atoms with Crippen molar-refractivity contribution in [3.05, 3.63) is 65.6 Å². The van der Waals surface area contributed by atoms with Gasteiger partial charge in [0.15, 0.2) is 0 Å². The molecule has 1 saturated carbocycles. The van der Waals surface area contributed by atoms with Crippen LogP contribution < -0.4 is 21.3 Å². The smallest absolute Gasteiger partial charge is 0.274 e. The van der Waals surface area contributed by atoms with Gasteiger partial charge in [0, 0.05) is 23.9 Å². The molecule has 3 unspecified atom stereocenters. The second-order valence-electron chi connectivity index (χ2n) is 9.86. The minimum atomic E-state index is -0.810. The third-order valence-corrected chi connectivity index (χ3v) is 6.84. The lowest BCUT2D eigenvalue weighted by Gasteiger charge is -2.32. The summed E-state index contributed by atoms with van der Waals surface area (Å²) < 4.78 is 40.5. The number of carbonyl (C=O) groups excluding carboxylic acids is 1. The third kappa shape index (κ3) is 5.50. The summed E-state index contributed by atoms with van der Waals surface area (Å²) in [4.78, 5) is 21.4. The van der Waals surface area contributed by atoms with Gasteiger partial charge in [0.05, 0.1) is 25.1 Å². The number of pyridine rings is 2. The second kappa shape index (κ2) is 10.6. The van der Waals surface area contributed by atoms with Crippen LogP contribution in [0.25, 0.3) is 11.3 Å². The monoisotopic (exact) mass is 504 g/mol. The first kappa shape index (κ1) is 25.3. The molecule has 0 spiro atoms. The predicted octanol–water partition coefficient (Wildman–Crippen LogP) is 3.48. The van der Waals surface area contributed by atoms with Crippen LogP contribution in [0.1, 0.15) is 48.2 Å². The van der Waals surface area contributed by atoms with Crippen molar-refractivity contribution in [1.29, 1.82) is 0 Å². The van der Waals surface area contributed by atoms with Crippen LogP contribution in [0.4, 0.5) is 14.5 Å². The lowest BCUT2D eigenvalue weighted by Crippen LogP contribution is -2.38. The molecule has 37 heavy (non-hydrogen) atoms. The molecule has 10 heteroatoms. The molecule has 7 nitrogen and oxygen atoms in total. The largest absolute Gasteiger partial charge is 0.486 e. The first-order valence-corrected chi connectivity index (χ1v) is 12.3. The zero-order chi connectivity index (χ0) is 26.1. The van der Waals surface area contributed by atoms with Crippen molar-refractivity contribution in [3.63, 3.8) is 0 Å². The molecular formula is C27H27BF2N4O3. The van der Waals surface area contributed by atoms with Gasteiger partial charge < -0.3 is 20.5 Å². The molecule has 3 heterocycles. The summed E-state index contributed by atoms with van der Waals surface area (Å²) in [7, 11) is 6.06. The summed E-state index contributed by atoms with van der Waals surface area (Å²) in [6, 6.07) is 6.80. The minimum absolute atomic E-state index is 0.0588. The fourth-order valence-corrected chi connectivity index (χ4v) is 5.10. The Kier molecular flexibility index (Phi) is 7.21. The number of nitrogens with two attached hydrogens (primary N) is 1. The van der Waals surface area contributed by atoms with Gasteiger partial charge in [-0.2, -0.15) is 0 Å². The number of amides is 1. The highest BCUT2D eigenvalue weighted by atomic mass is 19.1. The van der Waals surface area contributed by atoms with Gasteiger partial charge in [0.1, 0.15) is 42.7 Å². The molecule has 1 aromatic carbocycles. The summed E-state index contributed by atoms with van der Waals surface area (Å²) >= 11 is 0. The second-order valence-corrected chi connectivity index (χ2v) is 9.86. The minimum Gasteiger partial charge on any atom is -0.486 e. The van der Waals surface area contributed by atoms with E-state index in [2.05, 4.69) is 22.2 Å². The van der Waals surface area contributed by atoms with E-state index in [1.165, 1.54) is 12.1 Å². The molecule has 0 bridgehead atoms. The highest BCUT2D eigenvalue weighted by molar-refractivity contribution is 6.36. The van der Waals surface area contributed by atoms with E-state index in [0.717, 1.165) is 37.0 Å². The van der Waals surface area contributed by atoms with E-state index in [4.69, 9.17) is 23.1 Å². The average Bonchev–Trinajstić information content (AvgIpc) is 2.82. The molecule has 1 amide bonds. The quantitative estimate of drug-likeness (QED) is 0.499. The molecule has 1 aliphatic heterocycles. The topological polar surface area (TPSA) is 99.4 Å². The molecule has 190 valence electrons. The van der Waals surface area contributed by atoms with Crippen molar-refractivity contribution in [2.24, 2.45) is 11.7 Å². The average molecular weight is 504 g/mol. The van der Waals surface area contributed by atoms with Crippen LogP contribution in [-0.2, 0) is 4.74 Å². The zero-order valence-corrected chi connectivity index (χ0v) is 20.4. The predicted molar refractivity (Wildman–Crippen MR) is 136 cm³/mol. The Morgan fingerprint density at radius 2 is 1.97 bits per heavy atom. The molecule has 1 saturated heterocycles. The lowest BCUT2D eigenvalue weighted by molar-refractivity contribution is -0.0797. The summed E-state index contributed by atoms with van der Waals surface area (Å²) in [6.07, 6.45) is 5.80. The molecule has 3 aromatic rings. The molecule has 2 radical (unpaired) electrons. The number of nitrogens with zero attached hydrogens (tertiary/aromatic N) is 2. The number of anilines is 1. The number of hydrogen-bond donors (Lipinski definition) is 2. The SMILES string of the molecule is [B]c1cc(OC2COC2)cc(F)c1-c1nc(C(=O)Nc2cnccc2C2CC(C)CC(N)C2)ccc1F. The maximum Gasteiger partial charge on any atom is 0.274 e. The van der Waals surface area contributed by atoms with Crippen LogP contribution in [-0.4, -0.2) is 49.1 Å². The van der Waals surface area contributed by atoms with Crippen LogP contribution in [0.5, 0.6) is 5.75 Å². The van der Waals surface area contributed by atoms with Crippen LogP contribution in [0, 0.1) is 17.6 Å². The van der Waals surface area contributed by atoms with E-state index in [9.17, 15) is 9.18 Å².